The third-order valence-electron chi connectivity index (χ3n) is 5.18. The number of rotatable bonds is 7. The number of halogens is 1. The molecule has 0 unspecified atom stereocenters. The molecule has 1 fully saturated rings. The number of amides is 1. The molecule has 7 heteroatoms. The number of allylic oxidation sites excluding steroid dienone is 1. The lowest BCUT2D eigenvalue weighted by Gasteiger charge is -2.30. The molecule has 32 heavy (non-hydrogen) atoms. The highest BCUT2D eigenvalue weighted by Gasteiger charge is 2.41. The highest BCUT2D eigenvalue weighted by atomic mass is 79.9. The topological polar surface area (TPSA) is 78.9 Å². The Morgan fingerprint density at radius 2 is 1.78 bits per heavy atom. The Labute approximate surface area is 196 Å². The summed E-state index contributed by atoms with van der Waals surface area (Å²) in [5.41, 5.74) is 1.49. The largest absolute Gasteiger partial charge is 0.507 e. The maximum absolute atomic E-state index is 13.1. The van der Waals surface area contributed by atoms with Gasteiger partial charge in [0.2, 0.25) is 0 Å². The Morgan fingerprint density at radius 3 is 2.41 bits per heavy atom. The second-order valence-electron chi connectivity index (χ2n) is 8.01. The molecule has 1 aliphatic heterocycles. The number of nitrogens with zero attached hydrogens (tertiary/aromatic N) is 1. The molecular weight excluding hydrogens is 472 g/mol. The van der Waals surface area contributed by atoms with E-state index in [1.165, 1.54) is 6.08 Å². The molecule has 0 aliphatic carbocycles. The first kappa shape index (κ1) is 23.6. The molecule has 1 aliphatic rings. The molecule has 1 saturated heterocycles. The first-order valence-electron chi connectivity index (χ1n) is 10.4. The minimum atomic E-state index is -0.658. The first-order chi connectivity index (χ1) is 15.2. The maximum Gasteiger partial charge on any atom is 0.338 e. The van der Waals surface area contributed by atoms with Crippen molar-refractivity contribution in [2.75, 3.05) is 6.61 Å². The first-order valence-corrected chi connectivity index (χ1v) is 11.2. The van der Waals surface area contributed by atoms with E-state index in [-0.39, 0.29) is 36.0 Å². The van der Waals surface area contributed by atoms with Crippen molar-refractivity contribution >= 4 is 27.8 Å². The Morgan fingerprint density at radius 1 is 1.12 bits per heavy atom. The van der Waals surface area contributed by atoms with Gasteiger partial charge in [0.05, 0.1) is 12.2 Å². The normalized spacial score (nSPS) is 17.2. The maximum atomic E-state index is 13.1. The average Bonchev–Trinajstić information content (AvgIpc) is 2.96. The van der Waals surface area contributed by atoms with Gasteiger partial charge in [-0.15, -0.1) is 0 Å². The van der Waals surface area contributed by atoms with Crippen LogP contribution in [0.5, 0.6) is 0 Å². The molecule has 0 bridgehead atoms. The van der Waals surface area contributed by atoms with E-state index in [4.69, 9.17) is 4.74 Å². The van der Waals surface area contributed by atoms with Gasteiger partial charge >= 0.3 is 5.97 Å². The smallest absolute Gasteiger partial charge is 0.338 e. The molecule has 2 aromatic carbocycles. The number of carbonyl (C=O) groups is 2. The van der Waals surface area contributed by atoms with Crippen molar-refractivity contribution in [3.05, 3.63) is 93.3 Å². The Hall–Kier alpha value is -3.06. The molecule has 0 atom stereocenters. The van der Waals surface area contributed by atoms with Crippen LogP contribution in [0, 0.1) is 0 Å². The fourth-order valence-electron chi connectivity index (χ4n) is 3.50. The summed E-state index contributed by atoms with van der Waals surface area (Å²) < 4.78 is 6.06. The Kier molecular flexibility index (Phi) is 7.40. The number of hydrogen-bond donors (Lipinski definition) is 2. The number of aliphatic hydroxyl groups excluding tert-OH is 1. The molecule has 0 aromatic heterocycles. The van der Waals surface area contributed by atoms with Crippen molar-refractivity contribution < 1.29 is 19.4 Å². The van der Waals surface area contributed by atoms with Crippen LogP contribution in [0.25, 0.3) is 0 Å². The summed E-state index contributed by atoms with van der Waals surface area (Å²) >= 11 is 3.39. The lowest BCUT2D eigenvalue weighted by atomic mass is 10.0. The van der Waals surface area contributed by atoms with E-state index >= 15 is 0 Å². The predicted molar refractivity (Wildman–Crippen MR) is 126 cm³/mol. The van der Waals surface area contributed by atoms with Gasteiger partial charge in [0.15, 0.2) is 0 Å². The fourth-order valence-corrected chi connectivity index (χ4v) is 3.76. The number of esters is 1. The van der Waals surface area contributed by atoms with Crippen molar-refractivity contribution in [2.24, 2.45) is 0 Å². The summed E-state index contributed by atoms with van der Waals surface area (Å²) in [5.74, 6) is -1.16. The zero-order chi connectivity index (χ0) is 23.3. The van der Waals surface area contributed by atoms with Gasteiger partial charge in [0.1, 0.15) is 17.1 Å². The average molecular weight is 499 g/mol. The second-order valence-corrected chi connectivity index (χ2v) is 8.92. The number of benzene rings is 2. The van der Waals surface area contributed by atoms with E-state index < -0.39 is 11.6 Å². The molecule has 2 N–H and O–H groups in total. The quantitative estimate of drug-likeness (QED) is 0.330. The van der Waals surface area contributed by atoms with Gasteiger partial charge in [-0.3, -0.25) is 4.79 Å². The van der Waals surface area contributed by atoms with E-state index in [9.17, 15) is 14.7 Å². The lowest BCUT2D eigenvalue weighted by Crippen LogP contribution is -2.46. The van der Waals surface area contributed by atoms with Crippen LogP contribution in [0.1, 0.15) is 31.9 Å². The van der Waals surface area contributed by atoms with Crippen LogP contribution in [-0.2, 0) is 27.3 Å². The zero-order valence-corrected chi connectivity index (χ0v) is 20.0. The number of aliphatic hydroxyl groups is 1. The van der Waals surface area contributed by atoms with Crippen LogP contribution in [0.15, 0.2) is 82.2 Å². The number of hydrogen-bond acceptors (Lipinski definition) is 5. The van der Waals surface area contributed by atoms with Crippen molar-refractivity contribution in [1.29, 1.82) is 0 Å². The molecule has 168 valence electrons. The summed E-state index contributed by atoms with van der Waals surface area (Å²) in [6, 6.07) is 17.1. The molecule has 6 nitrogen and oxygen atoms in total. The van der Waals surface area contributed by atoms with Crippen molar-refractivity contribution in [1.82, 2.24) is 10.2 Å². The third kappa shape index (κ3) is 5.59. The lowest BCUT2D eigenvalue weighted by molar-refractivity contribution is -0.138. The van der Waals surface area contributed by atoms with Crippen LogP contribution in [0.2, 0.25) is 0 Å². The van der Waals surface area contributed by atoms with Gasteiger partial charge in [0, 0.05) is 23.5 Å². The van der Waals surface area contributed by atoms with Crippen LogP contribution >= 0.6 is 15.9 Å². The van der Waals surface area contributed by atoms with E-state index in [0.29, 0.717) is 6.54 Å². The van der Waals surface area contributed by atoms with E-state index in [0.717, 1.165) is 15.6 Å². The fraction of sp³-hybridized carbons (Fsp3) is 0.280. The molecule has 0 saturated carbocycles. The minimum Gasteiger partial charge on any atom is -0.507 e. The summed E-state index contributed by atoms with van der Waals surface area (Å²) in [6.45, 7) is 6.09. The SMILES string of the molecule is CCOC(=O)/C(Cc1ccc(Br)cc1)=C(O)/C=C1\NC(C)(C)N(Cc2ccccc2)C1=O. The minimum absolute atomic E-state index is 0.0931. The molecule has 0 radical (unpaired) electrons. The number of nitrogens with one attached hydrogen (secondary N) is 1. The van der Waals surface area contributed by atoms with Crippen LogP contribution in [0.4, 0.5) is 0 Å². The monoisotopic (exact) mass is 498 g/mol. The van der Waals surface area contributed by atoms with Gasteiger partial charge in [-0.1, -0.05) is 58.4 Å². The highest BCUT2D eigenvalue weighted by molar-refractivity contribution is 9.10. The molecule has 3 rings (SSSR count). The summed E-state index contributed by atoms with van der Waals surface area (Å²) in [7, 11) is 0. The molecular formula is C25H27BrN2O4. The van der Waals surface area contributed by atoms with Gasteiger partial charge in [-0.25, -0.2) is 4.79 Å². The molecule has 2 aromatic rings. The predicted octanol–water partition coefficient (Wildman–Crippen LogP) is 4.62. The van der Waals surface area contributed by atoms with Crippen LogP contribution in [-0.4, -0.2) is 34.2 Å². The zero-order valence-electron chi connectivity index (χ0n) is 18.4. The standard InChI is InChI=1S/C25H27BrN2O4/c1-4-32-24(31)20(14-17-10-12-19(26)13-11-17)22(29)15-21-23(30)28(25(2,3)27-21)16-18-8-6-5-7-9-18/h5-13,15,27,29H,4,14,16H2,1-3H3/b21-15-,22-20-. The van der Waals surface area contributed by atoms with Crippen molar-refractivity contribution in [2.45, 2.75) is 39.4 Å². The van der Waals surface area contributed by atoms with Crippen LogP contribution in [0.3, 0.4) is 0 Å². The van der Waals surface area contributed by atoms with Crippen molar-refractivity contribution in [3.63, 3.8) is 0 Å². The summed E-state index contributed by atoms with van der Waals surface area (Å²) in [5, 5.41) is 14.0. The van der Waals surface area contributed by atoms with E-state index in [2.05, 4.69) is 21.2 Å². The number of ether oxygens (including phenoxy) is 1. The molecule has 0 spiro atoms. The molecule has 1 amide bonds. The van der Waals surface area contributed by atoms with Gasteiger partial charge < -0.3 is 20.1 Å². The Balaban J connectivity index is 1.91. The van der Waals surface area contributed by atoms with E-state index in [1.807, 2.05) is 68.4 Å². The van der Waals surface area contributed by atoms with Crippen LogP contribution < -0.4 is 5.32 Å². The summed E-state index contributed by atoms with van der Waals surface area (Å²) in [4.78, 5) is 27.4. The highest BCUT2D eigenvalue weighted by Crippen LogP contribution is 2.27. The third-order valence-corrected chi connectivity index (χ3v) is 5.71. The van der Waals surface area contributed by atoms with Gasteiger partial charge in [-0.2, -0.15) is 0 Å². The Bertz CT molecular complexity index is 1040. The van der Waals surface area contributed by atoms with Gasteiger partial charge in [0.25, 0.3) is 5.91 Å². The number of carbonyl (C=O) groups excluding carboxylic acids is 2. The molecule has 1 heterocycles. The summed E-state index contributed by atoms with van der Waals surface area (Å²) in [6.07, 6.45) is 1.49. The van der Waals surface area contributed by atoms with Gasteiger partial charge in [-0.05, 0) is 44.0 Å². The second kappa shape index (κ2) is 10.0. The van der Waals surface area contributed by atoms with Crippen molar-refractivity contribution in [3.8, 4) is 0 Å². The van der Waals surface area contributed by atoms with E-state index in [1.54, 1.807) is 11.8 Å².